The van der Waals surface area contributed by atoms with Crippen LogP contribution in [0, 0.1) is 0 Å². The van der Waals surface area contributed by atoms with E-state index in [0.29, 0.717) is 13.2 Å². The lowest BCUT2D eigenvalue weighted by molar-refractivity contribution is 0.296. The summed E-state index contributed by atoms with van der Waals surface area (Å²) in [5, 5.41) is 7.73. The van der Waals surface area contributed by atoms with Gasteiger partial charge in [0.1, 0.15) is 0 Å². The number of ether oxygens (including phenoxy) is 2. The van der Waals surface area contributed by atoms with Crippen molar-refractivity contribution in [2.45, 2.75) is 19.5 Å². The van der Waals surface area contributed by atoms with Crippen molar-refractivity contribution in [1.29, 1.82) is 0 Å². The molecule has 1 aliphatic rings. The van der Waals surface area contributed by atoms with Crippen molar-refractivity contribution in [3.63, 3.8) is 0 Å². The van der Waals surface area contributed by atoms with Gasteiger partial charge in [-0.2, -0.15) is 5.10 Å². The Morgan fingerprint density at radius 2 is 2.14 bits per heavy atom. The van der Waals surface area contributed by atoms with Crippen LogP contribution in [0.4, 0.5) is 0 Å². The van der Waals surface area contributed by atoms with E-state index in [0.717, 1.165) is 46.7 Å². The molecule has 0 spiro atoms. The molecule has 0 fully saturated rings. The standard InChI is InChI=1S/C15H18BrN3O2/c1-19-4-3-12(18-19)10-17-9-11-7-13(16)15-14(8-11)20-5-2-6-21-15/h3-4,7-8,17H,2,5-6,9-10H2,1H3. The van der Waals surface area contributed by atoms with Crippen molar-refractivity contribution in [3.8, 4) is 11.5 Å². The number of aromatic nitrogens is 2. The van der Waals surface area contributed by atoms with Gasteiger partial charge in [0.25, 0.3) is 0 Å². The Hall–Kier alpha value is -1.53. The molecular weight excluding hydrogens is 334 g/mol. The van der Waals surface area contributed by atoms with Crippen molar-refractivity contribution in [2.75, 3.05) is 13.2 Å². The summed E-state index contributed by atoms with van der Waals surface area (Å²) in [5.41, 5.74) is 2.19. The molecule has 21 heavy (non-hydrogen) atoms. The van der Waals surface area contributed by atoms with Crippen molar-refractivity contribution < 1.29 is 9.47 Å². The van der Waals surface area contributed by atoms with E-state index in [1.54, 1.807) is 4.68 Å². The molecule has 0 unspecified atom stereocenters. The second kappa shape index (κ2) is 6.49. The summed E-state index contributed by atoms with van der Waals surface area (Å²) in [6.07, 6.45) is 2.86. The molecule has 1 N–H and O–H groups in total. The highest BCUT2D eigenvalue weighted by Gasteiger charge is 2.15. The minimum Gasteiger partial charge on any atom is -0.490 e. The first-order valence-corrected chi connectivity index (χ1v) is 7.79. The zero-order valence-electron chi connectivity index (χ0n) is 11.9. The van der Waals surface area contributed by atoms with Gasteiger partial charge in [0.15, 0.2) is 11.5 Å². The van der Waals surface area contributed by atoms with Crippen molar-refractivity contribution >= 4 is 15.9 Å². The number of nitrogens with one attached hydrogen (secondary N) is 1. The Labute approximate surface area is 132 Å². The summed E-state index contributed by atoms with van der Waals surface area (Å²) in [4.78, 5) is 0. The van der Waals surface area contributed by atoms with Gasteiger partial charge >= 0.3 is 0 Å². The van der Waals surface area contributed by atoms with Gasteiger partial charge in [0, 0.05) is 32.8 Å². The highest BCUT2D eigenvalue weighted by Crippen LogP contribution is 2.38. The Morgan fingerprint density at radius 3 is 2.95 bits per heavy atom. The van der Waals surface area contributed by atoms with Crippen LogP contribution in [0.3, 0.4) is 0 Å². The van der Waals surface area contributed by atoms with E-state index in [9.17, 15) is 0 Å². The number of benzene rings is 1. The van der Waals surface area contributed by atoms with E-state index in [1.807, 2.05) is 25.4 Å². The number of hydrogen-bond acceptors (Lipinski definition) is 4. The van der Waals surface area contributed by atoms with Gasteiger partial charge in [0.05, 0.1) is 23.4 Å². The van der Waals surface area contributed by atoms with Crippen LogP contribution in [-0.4, -0.2) is 23.0 Å². The average molecular weight is 352 g/mol. The molecular formula is C15H18BrN3O2. The predicted octanol–water partition coefficient (Wildman–Crippen LogP) is 2.63. The fraction of sp³-hybridized carbons (Fsp3) is 0.400. The molecule has 0 amide bonds. The number of hydrogen-bond donors (Lipinski definition) is 1. The normalized spacial score (nSPS) is 14.0. The molecule has 0 radical (unpaired) electrons. The van der Waals surface area contributed by atoms with Gasteiger partial charge in [-0.25, -0.2) is 0 Å². The smallest absolute Gasteiger partial charge is 0.175 e. The molecule has 3 rings (SSSR count). The number of rotatable bonds is 4. The maximum Gasteiger partial charge on any atom is 0.175 e. The molecule has 1 aromatic carbocycles. The second-order valence-corrected chi connectivity index (χ2v) is 5.89. The van der Waals surface area contributed by atoms with Crippen LogP contribution in [0.2, 0.25) is 0 Å². The Morgan fingerprint density at radius 1 is 1.29 bits per heavy atom. The van der Waals surface area contributed by atoms with Crippen LogP contribution in [0.15, 0.2) is 28.9 Å². The number of aryl methyl sites for hydroxylation is 1. The SMILES string of the molecule is Cn1ccc(CNCc2cc(Br)c3c(c2)OCCCO3)n1. The summed E-state index contributed by atoms with van der Waals surface area (Å²) in [6, 6.07) is 6.12. The molecule has 0 aliphatic carbocycles. The topological polar surface area (TPSA) is 48.3 Å². The fourth-order valence-corrected chi connectivity index (χ4v) is 2.88. The maximum atomic E-state index is 5.74. The molecule has 1 aromatic heterocycles. The summed E-state index contributed by atoms with van der Waals surface area (Å²) >= 11 is 3.56. The third kappa shape index (κ3) is 3.57. The van der Waals surface area contributed by atoms with Crippen LogP contribution in [0.1, 0.15) is 17.7 Å². The summed E-state index contributed by atoms with van der Waals surface area (Å²) in [6.45, 7) is 2.89. The van der Waals surface area contributed by atoms with E-state index in [-0.39, 0.29) is 0 Å². The maximum absolute atomic E-state index is 5.74. The Balaban J connectivity index is 1.65. The zero-order chi connectivity index (χ0) is 14.7. The Bertz CT molecular complexity index is 627. The van der Waals surface area contributed by atoms with Crippen molar-refractivity contribution in [2.24, 2.45) is 7.05 Å². The average Bonchev–Trinajstić information content (AvgIpc) is 2.73. The van der Waals surface area contributed by atoms with Crippen molar-refractivity contribution in [3.05, 3.63) is 40.1 Å². The highest BCUT2D eigenvalue weighted by atomic mass is 79.9. The highest BCUT2D eigenvalue weighted by molar-refractivity contribution is 9.10. The molecule has 2 heterocycles. The molecule has 1 aliphatic heterocycles. The van der Waals surface area contributed by atoms with E-state index in [2.05, 4.69) is 32.4 Å². The molecule has 0 saturated heterocycles. The van der Waals surface area contributed by atoms with Gasteiger partial charge in [0.2, 0.25) is 0 Å². The first kappa shape index (κ1) is 14.4. The predicted molar refractivity (Wildman–Crippen MR) is 83.5 cm³/mol. The van der Waals surface area contributed by atoms with Gasteiger partial charge in [-0.1, -0.05) is 0 Å². The minimum absolute atomic E-state index is 0.697. The molecule has 6 heteroatoms. The molecule has 0 saturated carbocycles. The lowest BCUT2D eigenvalue weighted by Gasteiger charge is -2.12. The van der Waals surface area contributed by atoms with Crippen LogP contribution in [0.25, 0.3) is 0 Å². The van der Waals surface area contributed by atoms with E-state index < -0.39 is 0 Å². The Kier molecular flexibility index (Phi) is 4.45. The largest absolute Gasteiger partial charge is 0.490 e. The van der Waals surface area contributed by atoms with Crippen LogP contribution in [0.5, 0.6) is 11.5 Å². The molecule has 0 atom stereocenters. The molecule has 2 aromatic rings. The molecule has 5 nitrogen and oxygen atoms in total. The monoisotopic (exact) mass is 351 g/mol. The van der Waals surface area contributed by atoms with E-state index in [1.165, 1.54) is 0 Å². The minimum atomic E-state index is 0.697. The van der Waals surface area contributed by atoms with Crippen LogP contribution in [-0.2, 0) is 20.1 Å². The first-order valence-electron chi connectivity index (χ1n) is 6.99. The quantitative estimate of drug-likeness (QED) is 0.919. The third-order valence-corrected chi connectivity index (χ3v) is 3.86. The van der Waals surface area contributed by atoms with E-state index >= 15 is 0 Å². The van der Waals surface area contributed by atoms with Gasteiger partial charge in [-0.05, 0) is 39.7 Å². The van der Waals surface area contributed by atoms with Crippen LogP contribution >= 0.6 is 15.9 Å². The summed E-state index contributed by atoms with van der Waals surface area (Å²) in [7, 11) is 1.92. The van der Waals surface area contributed by atoms with Gasteiger partial charge < -0.3 is 14.8 Å². The van der Waals surface area contributed by atoms with Crippen LogP contribution < -0.4 is 14.8 Å². The zero-order valence-corrected chi connectivity index (χ0v) is 13.5. The van der Waals surface area contributed by atoms with E-state index in [4.69, 9.17) is 9.47 Å². The van der Waals surface area contributed by atoms with Gasteiger partial charge in [-0.15, -0.1) is 0 Å². The fourth-order valence-electron chi connectivity index (χ4n) is 2.28. The molecule has 0 bridgehead atoms. The van der Waals surface area contributed by atoms with Crippen molar-refractivity contribution in [1.82, 2.24) is 15.1 Å². The number of fused-ring (bicyclic) bond motifs is 1. The number of halogens is 1. The summed E-state index contributed by atoms with van der Waals surface area (Å²) < 4.78 is 14.2. The lowest BCUT2D eigenvalue weighted by Crippen LogP contribution is -2.13. The second-order valence-electron chi connectivity index (χ2n) is 5.04. The lowest BCUT2D eigenvalue weighted by atomic mass is 10.2. The van der Waals surface area contributed by atoms with Gasteiger partial charge in [-0.3, -0.25) is 4.68 Å². The number of nitrogens with zero attached hydrogens (tertiary/aromatic N) is 2. The summed E-state index contributed by atoms with van der Waals surface area (Å²) in [5.74, 6) is 1.62. The first-order chi connectivity index (χ1) is 10.2. The molecule has 112 valence electrons. The third-order valence-electron chi connectivity index (χ3n) is 3.27.